The molecule has 120 valence electrons. The number of amides is 2. The average Bonchev–Trinajstić information content (AvgIpc) is 3.10. The molecule has 3 atom stereocenters. The highest BCUT2D eigenvalue weighted by Crippen LogP contribution is 2.34. The molecule has 2 heterocycles. The highest BCUT2D eigenvalue weighted by molar-refractivity contribution is 6.30. The minimum Gasteiger partial charge on any atom is -0.496 e. The van der Waals surface area contributed by atoms with E-state index in [2.05, 4.69) is 10.6 Å². The van der Waals surface area contributed by atoms with Gasteiger partial charge in [-0.2, -0.15) is 0 Å². The minimum atomic E-state index is -0.137. The van der Waals surface area contributed by atoms with Crippen LogP contribution in [-0.2, 0) is 11.2 Å². The van der Waals surface area contributed by atoms with Gasteiger partial charge in [-0.1, -0.05) is 11.6 Å². The first-order valence-electron chi connectivity index (χ1n) is 7.68. The largest absolute Gasteiger partial charge is 0.496 e. The zero-order valence-corrected chi connectivity index (χ0v) is 13.4. The molecule has 22 heavy (non-hydrogen) atoms. The molecular weight excluding hydrogens is 304 g/mol. The van der Waals surface area contributed by atoms with Crippen molar-refractivity contribution in [2.75, 3.05) is 13.7 Å². The van der Waals surface area contributed by atoms with Crippen LogP contribution in [0.15, 0.2) is 18.2 Å². The molecule has 2 amide bonds. The molecule has 1 aromatic rings. The molecule has 2 saturated heterocycles. The first kappa shape index (κ1) is 15.4. The van der Waals surface area contributed by atoms with Gasteiger partial charge in [0.25, 0.3) is 0 Å². The second-order valence-corrected chi connectivity index (χ2v) is 6.26. The fraction of sp³-hybridized carbons (Fsp3) is 0.562. The van der Waals surface area contributed by atoms with Gasteiger partial charge in [-0.15, -0.1) is 0 Å². The number of nitrogens with one attached hydrogen (secondary N) is 2. The Balaban J connectivity index is 1.45. The summed E-state index contributed by atoms with van der Waals surface area (Å²) in [6.45, 7) is 0.532. The van der Waals surface area contributed by atoms with Crippen LogP contribution < -0.4 is 15.4 Å². The summed E-state index contributed by atoms with van der Waals surface area (Å²) in [5.41, 5.74) is 0.985. The Morgan fingerprint density at radius 1 is 1.45 bits per heavy atom. The topological polar surface area (TPSA) is 59.6 Å². The smallest absolute Gasteiger partial charge is 0.315 e. The van der Waals surface area contributed by atoms with Crippen molar-refractivity contribution in [1.82, 2.24) is 10.6 Å². The fourth-order valence-electron chi connectivity index (χ4n) is 3.26. The fourth-order valence-corrected chi connectivity index (χ4v) is 3.46. The van der Waals surface area contributed by atoms with Gasteiger partial charge >= 0.3 is 6.03 Å². The molecule has 2 aliphatic rings. The molecule has 2 fully saturated rings. The molecule has 0 saturated carbocycles. The van der Waals surface area contributed by atoms with Gasteiger partial charge in [-0.25, -0.2) is 4.79 Å². The zero-order valence-electron chi connectivity index (χ0n) is 12.6. The van der Waals surface area contributed by atoms with E-state index < -0.39 is 0 Å². The van der Waals surface area contributed by atoms with E-state index in [4.69, 9.17) is 21.1 Å². The van der Waals surface area contributed by atoms with Crippen molar-refractivity contribution in [3.05, 3.63) is 28.8 Å². The summed E-state index contributed by atoms with van der Waals surface area (Å²) in [4.78, 5) is 12.0. The Morgan fingerprint density at radius 2 is 2.32 bits per heavy atom. The molecule has 3 unspecified atom stereocenters. The number of carbonyl (C=O) groups is 1. The molecule has 3 rings (SSSR count). The van der Waals surface area contributed by atoms with Crippen LogP contribution in [0.1, 0.15) is 24.8 Å². The summed E-state index contributed by atoms with van der Waals surface area (Å²) < 4.78 is 11.0. The van der Waals surface area contributed by atoms with E-state index in [0.717, 1.165) is 30.6 Å². The number of fused-ring (bicyclic) bond motifs is 2. The normalized spacial score (nSPS) is 26.0. The van der Waals surface area contributed by atoms with E-state index in [-0.39, 0.29) is 18.2 Å². The molecule has 0 radical (unpaired) electrons. The predicted octanol–water partition coefficient (Wildman–Crippen LogP) is 2.51. The standard InChI is InChI=1S/C16H21ClN2O3/c1-21-14-4-2-11(17)8-10(14)6-7-18-16(20)19-13-9-12-3-5-15(13)22-12/h2,4,8,12-13,15H,3,5-7,9H2,1H3,(H2,18,19,20). The van der Waals surface area contributed by atoms with Gasteiger partial charge in [0.2, 0.25) is 0 Å². The first-order chi connectivity index (χ1) is 10.7. The van der Waals surface area contributed by atoms with E-state index in [9.17, 15) is 4.79 Å². The lowest BCUT2D eigenvalue weighted by Gasteiger charge is -2.20. The van der Waals surface area contributed by atoms with Crippen molar-refractivity contribution in [3.8, 4) is 5.75 Å². The third-order valence-corrected chi connectivity index (χ3v) is 4.58. The Hall–Kier alpha value is -1.46. The van der Waals surface area contributed by atoms with Crippen LogP contribution in [0.5, 0.6) is 5.75 Å². The third kappa shape index (κ3) is 3.47. The Labute approximate surface area is 135 Å². The van der Waals surface area contributed by atoms with Crippen molar-refractivity contribution in [2.24, 2.45) is 0 Å². The van der Waals surface area contributed by atoms with Crippen LogP contribution in [0.4, 0.5) is 4.79 Å². The van der Waals surface area contributed by atoms with E-state index in [1.165, 1.54) is 0 Å². The number of benzene rings is 1. The summed E-state index contributed by atoms with van der Waals surface area (Å²) in [6, 6.07) is 5.51. The lowest BCUT2D eigenvalue weighted by atomic mass is 9.96. The zero-order chi connectivity index (χ0) is 15.5. The molecule has 2 bridgehead atoms. The second kappa shape index (κ2) is 6.75. The Kier molecular flexibility index (Phi) is 4.74. The molecule has 5 nitrogen and oxygen atoms in total. The number of hydrogen-bond donors (Lipinski definition) is 2. The minimum absolute atomic E-state index is 0.137. The van der Waals surface area contributed by atoms with Crippen molar-refractivity contribution < 1.29 is 14.3 Å². The summed E-state index contributed by atoms with van der Waals surface area (Å²) in [6.07, 6.45) is 4.31. The van der Waals surface area contributed by atoms with E-state index in [1.54, 1.807) is 13.2 Å². The molecule has 6 heteroatoms. The van der Waals surface area contributed by atoms with Crippen molar-refractivity contribution in [1.29, 1.82) is 0 Å². The van der Waals surface area contributed by atoms with Crippen LogP contribution in [0.3, 0.4) is 0 Å². The lowest BCUT2D eigenvalue weighted by molar-refractivity contribution is 0.0981. The Morgan fingerprint density at radius 3 is 3.00 bits per heavy atom. The monoisotopic (exact) mass is 324 g/mol. The van der Waals surface area contributed by atoms with Crippen molar-refractivity contribution in [2.45, 2.75) is 43.9 Å². The molecular formula is C16H21ClN2O3. The SMILES string of the molecule is COc1ccc(Cl)cc1CCNC(=O)NC1CC2CCC1O2. The van der Waals surface area contributed by atoms with E-state index in [0.29, 0.717) is 24.1 Å². The highest BCUT2D eigenvalue weighted by Gasteiger charge is 2.41. The average molecular weight is 325 g/mol. The summed E-state index contributed by atoms with van der Waals surface area (Å²) in [5, 5.41) is 6.55. The molecule has 2 aliphatic heterocycles. The van der Waals surface area contributed by atoms with Gasteiger partial charge in [-0.3, -0.25) is 0 Å². The maximum Gasteiger partial charge on any atom is 0.315 e. The number of halogens is 1. The number of rotatable bonds is 5. The van der Waals surface area contributed by atoms with Crippen LogP contribution in [0.2, 0.25) is 5.02 Å². The second-order valence-electron chi connectivity index (χ2n) is 5.82. The van der Waals surface area contributed by atoms with Crippen molar-refractivity contribution in [3.63, 3.8) is 0 Å². The van der Waals surface area contributed by atoms with Gasteiger partial charge in [0.05, 0.1) is 25.4 Å². The summed E-state index contributed by atoms with van der Waals surface area (Å²) >= 11 is 6.00. The third-order valence-electron chi connectivity index (χ3n) is 4.34. The number of carbonyl (C=O) groups excluding carboxylic acids is 1. The number of urea groups is 1. The van der Waals surface area contributed by atoms with Gasteiger partial charge < -0.3 is 20.1 Å². The van der Waals surface area contributed by atoms with Gasteiger partial charge in [0.15, 0.2) is 0 Å². The molecule has 0 aliphatic carbocycles. The number of hydrogen-bond acceptors (Lipinski definition) is 3. The molecule has 2 N–H and O–H groups in total. The molecule has 0 spiro atoms. The van der Waals surface area contributed by atoms with E-state index >= 15 is 0 Å². The van der Waals surface area contributed by atoms with Crippen LogP contribution in [-0.4, -0.2) is 37.9 Å². The lowest BCUT2D eigenvalue weighted by Crippen LogP contribution is -2.46. The summed E-state index contributed by atoms with van der Waals surface area (Å²) in [7, 11) is 1.63. The predicted molar refractivity (Wildman–Crippen MR) is 84.5 cm³/mol. The molecule has 1 aromatic carbocycles. The van der Waals surface area contributed by atoms with Crippen LogP contribution in [0.25, 0.3) is 0 Å². The van der Waals surface area contributed by atoms with Crippen LogP contribution in [0, 0.1) is 0 Å². The first-order valence-corrected chi connectivity index (χ1v) is 8.05. The number of methoxy groups -OCH3 is 1. The van der Waals surface area contributed by atoms with Gasteiger partial charge in [-0.05, 0) is 49.4 Å². The summed E-state index contributed by atoms with van der Waals surface area (Å²) in [5.74, 6) is 0.785. The van der Waals surface area contributed by atoms with Crippen molar-refractivity contribution >= 4 is 17.6 Å². The quantitative estimate of drug-likeness (QED) is 0.875. The maximum absolute atomic E-state index is 12.0. The van der Waals surface area contributed by atoms with Crippen LogP contribution >= 0.6 is 11.6 Å². The van der Waals surface area contributed by atoms with Gasteiger partial charge in [0, 0.05) is 11.6 Å². The van der Waals surface area contributed by atoms with Gasteiger partial charge in [0.1, 0.15) is 5.75 Å². The highest BCUT2D eigenvalue weighted by atomic mass is 35.5. The molecule has 0 aromatic heterocycles. The number of ether oxygens (including phenoxy) is 2. The maximum atomic E-state index is 12.0. The van der Waals surface area contributed by atoms with E-state index in [1.807, 2.05) is 12.1 Å². The Bertz CT molecular complexity index is 552.